The molecule has 1 aromatic rings. The highest BCUT2D eigenvalue weighted by molar-refractivity contribution is 5.56. The summed E-state index contributed by atoms with van der Waals surface area (Å²) in [4.78, 5) is 7.45. The molecule has 0 radical (unpaired) electrons. The van der Waals surface area contributed by atoms with Crippen LogP contribution in [0.1, 0.15) is 5.56 Å². The largest absolute Gasteiger partial charge is 0.368 e. The van der Waals surface area contributed by atoms with Crippen LogP contribution in [-0.2, 0) is 6.42 Å². The molecular formula is C16H26N4. The Kier molecular flexibility index (Phi) is 4.24. The molecule has 2 heterocycles. The maximum atomic E-state index is 6.20. The van der Waals surface area contributed by atoms with Gasteiger partial charge in [-0.1, -0.05) is 18.2 Å². The topological polar surface area (TPSA) is 35.7 Å². The third-order valence-electron chi connectivity index (χ3n) is 4.55. The van der Waals surface area contributed by atoms with Crippen LogP contribution in [0.5, 0.6) is 0 Å². The Bertz CT molecular complexity index is 440. The van der Waals surface area contributed by atoms with E-state index in [2.05, 4.69) is 46.0 Å². The lowest BCUT2D eigenvalue weighted by Crippen LogP contribution is -2.49. The molecule has 20 heavy (non-hydrogen) atoms. The van der Waals surface area contributed by atoms with Gasteiger partial charge in [-0.15, -0.1) is 0 Å². The van der Waals surface area contributed by atoms with Gasteiger partial charge >= 0.3 is 0 Å². The van der Waals surface area contributed by atoms with E-state index in [1.807, 2.05) is 0 Å². The molecular weight excluding hydrogens is 248 g/mol. The molecule has 2 aliphatic rings. The fraction of sp³-hybridized carbons (Fsp3) is 0.625. The van der Waals surface area contributed by atoms with Crippen molar-refractivity contribution in [3.05, 3.63) is 29.8 Å². The van der Waals surface area contributed by atoms with E-state index in [4.69, 9.17) is 5.73 Å². The number of hydrogen-bond acceptors (Lipinski definition) is 4. The zero-order chi connectivity index (χ0) is 13.9. The third kappa shape index (κ3) is 3.14. The maximum absolute atomic E-state index is 6.20. The zero-order valence-corrected chi connectivity index (χ0v) is 12.5. The Labute approximate surface area is 122 Å². The van der Waals surface area contributed by atoms with Crippen LogP contribution in [0.25, 0.3) is 0 Å². The first-order valence-corrected chi connectivity index (χ1v) is 7.72. The molecule has 1 fully saturated rings. The summed E-state index contributed by atoms with van der Waals surface area (Å²) >= 11 is 0. The number of anilines is 1. The molecule has 1 atom stereocenters. The average Bonchev–Trinajstić information content (AvgIpc) is 2.46. The number of benzene rings is 1. The molecule has 0 amide bonds. The second-order valence-corrected chi connectivity index (χ2v) is 6.18. The monoisotopic (exact) mass is 274 g/mol. The van der Waals surface area contributed by atoms with E-state index in [9.17, 15) is 0 Å². The van der Waals surface area contributed by atoms with Crippen LogP contribution in [0.15, 0.2) is 24.3 Å². The molecule has 1 saturated heterocycles. The minimum absolute atomic E-state index is 0.275. The first kappa shape index (κ1) is 13.9. The summed E-state index contributed by atoms with van der Waals surface area (Å²) in [5, 5.41) is 0. The number of nitrogens with zero attached hydrogens (tertiary/aromatic N) is 3. The molecule has 0 aliphatic carbocycles. The van der Waals surface area contributed by atoms with Crippen molar-refractivity contribution in [2.24, 2.45) is 5.73 Å². The molecule has 4 heteroatoms. The van der Waals surface area contributed by atoms with Gasteiger partial charge in [-0.25, -0.2) is 0 Å². The van der Waals surface area contributed by atoms with Gasteiger partial charge in [0.25, 0.3) is 0 Å². The van der Waals surface area contributed by atoms with Crippen LogP contribution >= 0.6 is 0 Å². The minimum Gasteiger partial charge on any atom is -0.368 e. The minimum atomic E-state index is 0.275. The number of rotatable bonds is 3. The van der Waals surface area contributed by atoms with Crippen molar-refractivity contribution in [1.29, 1.82) is 0 Å². The molecule has 2 aliphatic heterocycles. The van der Waals surface area contributed by atoms with Crippen molar-refractivity contribution in [2.75, 3.05) is 57.8 Å². The summed E-state index contributed by atoms with van der Waals surface area (Å²) in [6.07, 6.45) is 1.02. The molecule has 0 spiro atoms. The highest BCUT2D eigenvalue weighted by atomic mass is 15.3. The lowest BCUT2D eigenvalue weighted by Gasteiger charge is -2.38. The number of fused-ring (bicyclic) bond motifs is 1. The van der Waals surface area contributed by atoms with Gasteiger partial charge in [-0.3, -0.25) is 4.90 Å². The second kappa shape index (κ2) is 6.12. The highest BCUT2D eigenvalue weighted by Gasteiger charge is 2.22. The molecule has 4 nitrogen and oxygen atoms in total. The van der Waals surface area contributed by atoms with Crippen LogP contribution in [0.4, 0.5) is 5.69 Å². The Morgan fingerprint density at radius 1 is 1.10 bits per heavy atom. The SMILES string of the molecule is CN1CCN(CCN2CC(N)Cc3ccccc32)CC1. The molecule has 0 aromatic heterocycles. The van der Waals surface area contributed by atoms with E-state index >= 15 is 0 Å². The first-order chi connectivity index (χ1) is 9.72. The molecule has 110 valence electrons. The fourth-order valence-corrected chi connectivity index (χ4v) is 3.27. The summed E-state index contributed by atoms with van der Waals surface area (Å²) < 4.78 is 0. The smallest absolute Gasteiger partial charge is 0.0400 e. The summed E-state index contributed by atoms with van der Waals surface area (Å²) in [7, 11) is 2.21. The fourth-order valence-electron chi connectivity index (χ4n) is 3.27. The summed E-state index contributed by atoms with van der Waals surface area (Å²) in [5.41, 5.74) is 9.00. The predicted molar refractivity (Wildman–Crippen MR) is 84.3 cm³/mol. The lowest BCUT2D eigenvalue weighted by atomic mass is 9.98. The Morgan fingerprint density at radius 3 is 2.65 bits per heavy atom. The molecule has 0 saturated carbocycles. The van der Waals surface area contributed by atoms with Crippen molar-refractivity contribution < 1.29 is 0 Å². The van der Waals surface area contributed by atoms with Crippen LogP contribution in [-0.4, -0.2) is 68.7 Å². The van der Waals surface area contributed by atoms with E-state index in [0.29, 0.717) is 0 Å². The number of likely N-dealkylation sites (N-methyl/N-ethyl adjacent to an activating group) is 1. The second-order valence-electron chi connectivity index (χ2n) is 6.18. The number of piperazine rings is 1. The summed E-state index contributed by atoms with van der Waals surface area (Å²) in [5.74, 6) is 0. The molecule has 2 N–H and O–H groups in total. The lowest BCUT2D eigenvalue weighted by molar-refractivity contribution is 0.156. The molecule has 0 bridgehead atoms. The van der Waals surface area contributed by atoms with Gasteiger partial charge in [-0.2, -0.15) is 0 Å². The van der Waals surface area contributed by atoms with Gasteiger partial charge in [0.2, 0.25) is 0 Å². The average molecular weight is 274 g/mol. The van der Waals surface area contributed by atoms with E-state index in [1.54, 1.807) is 0 Å². The van der Waals surface area contributed by atoms with Gasteiger partial charge in [0.1, 0.15) is 0 Å². The first-order valence-electron chi connectivity index (χ1n) is 7.72. The number of nitrogens with two attached hydrogens (primary N) is 1. The Hall–Kier alpha value is -1.10. The van der Waals surface area contributed by atoms with Gasteiger partial charge in [0.15, 0.2) is 0 Å². The van der Waals surface area contributed by atoms with Crippen molar-refractivity contribution >= 4 is 5.69 Å². The summed E-state index contributed by atoms with van der Waals surface area (Å²) in [6.45, 7) is 8.00. The zero-order valence-electron chi connectivity index (χ0n) is 12.5. The van der Waals surface area contributed by atoms with Crippen LogP contribution < -0.4 is 10.6 Å². The quantitative estimate of drug-likeness (QED) is 0.877. The predicted octanol–water partition coefficient (Wildman–Crippen LogP) is 0.624. The van der Waals surface area contributed by atoms with Crippen LogP contribution in [0.2, 0.25) is 0 Å². The van der Waals surface area contributed by atoms with Crippen LogP contribution in [0, 0.1) is 0 Å². The van der Waals surface area contributed by atoms with E-state index < -0.39 is 0 Å². The standard InChI is InChI=1S/C16H26N4/c1-18-6-8-19(9-7-18)10-11-20-13-15(17)12-14-4-2-3-5-16(14)20/h2-5,15H,6-13,17H2,1H3. The van der Waals surface area contributed by atoms with Crippen molar-refractivity contribution in [3.8, 4) is 0 Å². The summed E-state index contributed by atoms with van der Waals surface area (Å²) in [6, 6.07) is 8.99. The normalized spacial score (nSPS) is 24.7. The maximum Gasteiger partial charge on any atom is 0.0400 e. The Morgan fingerprint density at radius 2 is 1.85 bits per heavy atom. The van der Waals surface area contributed by atoms with Crippen LogP contribution in [0.3, 0.4) is 0 Å². The molecule has 3 rings (SSSR count). The van der Waals surface area contributed by atoms with E-state index in [-0.39, 0.29) is 6.04 Å². The van der Waals surface area contributed by atoms with Gasteiger partial charge in [0.05, 0.1) is 0 Å². The van der Waals surface area contributed by atoms with E-state index in [1.165, 1.54) is 37.4 Å². The Balaban J connectivity index is 1.60. The molecule has 1 aromatic carbocycles. The van der Waals surface area contributed by atoms with Gasteiger partial charge in [-0.05, 0) is 25.1 Å². The van der Waals surface area contributed by atoms with E-state index in [0.717, 1.165) is 26.1 Å². The number of hydrogen-bond donors (Lipinski definition) is 1. The highest BCUT2D eigenvalue weighted by Crippen LogP contribution is 2.26. The third-order valence-corrected chi connectivity index (χ3v) is 4.55. The van der Waals surface area contributed by atoms with Crippen molar-refractivity contribution in [1.82, 2.24) is 9.80 Å². The van der Waals surface area contributed by atoms with Gasteiger partial charge in [0, 0.05) is 57.5 Å². The molecule has 1 unspecified atom stereocenters. The van der Waals surface area contributed by atoms with Crippen molar-refractivity contribution in [3.63, 3.8) is 0 Å². The number of para-hydroxylation sites is 1. The van der Waals surface area contributed by atoms with Crippen molar-refractivity contribution in [2.45, 2.75) is 12.5 Å². The van der Waals surface area contributed by atoms with Gasteiger partial charge < -0.3 is 15.5 Å².